The van der Waals surface area contributed by atoms with E-state index in [1.807, 2.05) is 26.2 Å². The van der Waals surface area contributed by atoms with E-state index >= 15 is 0 Å². The summed E-state index contributed by atoms with van der Waals surface area (Å²) >= 11 is 0. The standard InChI is InChI=1S/C12H15NO/c1-9-6-10(8-11(14)7-9)12-4-3-5-13(12)2/h3-5,7,10H,6,8H2,1-2H3. The highest BCUT2D eigenvalue weighted by Gasteiger charge is 2.21. The zero-order valence-electron chi connectivity index (χ0n) is 8.66. The molecule has 1 unspecified atom stereocenters. The van der Waals surface area contributed by atoms with E-state index in [1.54, 1.807) is 6.08 Å². The molecular weight excluding hydrogens is 174 g/mol. The summed E-state index contributed by atoms with van der Waals surface area (Å²) in [5.41, 5.74) is 2.47. The fourth-order valence-electron chi connectivity index (χ4n) is 2.20. The van der Waals surface area contributed by atoms with Gasteiger partial charge in [-0.05, 0) is 31.6 Å². The van der Waals surface area contributed by atoms with Crippen molar-refractivity contribution in [3.63, 3.8) is 0 Å². The van der Waals surface area contributed by atoms with E-state index in [4.69, 9.17) is 0 Å². The molecule has 0 radical (unpaired) electrons. The Morgan fingerprint density at radius 1 is 1.43 bits per heavy atom. The van der Waals surface area contributed by atoms with E-state index in [0.717, 1.165) is 6.42 Å². The van der Waals surface area contributed by atoms with Crippen molar-refractivity contribution < 1.29 is 4.79 Å². The van der Waals surface area contributed by atoms with Gasteiger partial charge in [-0.25, -0.2) is 0 Å². The van der Waals surface area contributed by atoms with Gasteiger partial charge in [-0.1, -0.05) is 5.57 Å². The molecule has 1 aliphatic rings. The van der Waals surface area contributed by atoms with Crippen molar-refractivity contribution in [3.8, 4) is 0 Å². The average molecular weight is 189 g/mol. The minimum atomic E-state index is 0.264. The summed E-state index contributed by atoms with van der Waals surface area (Å²) in [6.45, 7) is 2.03. The van der Waals surface area contributed by atoms with Crippen molar-refractivity contribution in [2.45, 2.75) is 25.7 Å². The fourth-order valence-corrected chi connectivity index (χ4v) is 2.20. The van der Waals surface area contributed by atoms with Crippen LogP contribution in [0, 0.1) is 0 Å². The molecule has 0 N–H and O–H groups in total. The Labute approximate surface area is 84.2 Å². The van der Waals surface area contributed by atoms with Crippen molar-refractivity contribution in [2.24, 2.45) is 7.05 Å². The SMILES string of the molecule is CC1=CC(=O)CC(c2cccn2C)C1. The van der Waals surface area contributed by atoms with Gasteiger partial charge in [0, 0.05) is 31.3 Å². The van der Waals surface area contributed by atoms with Crippen LogP contribution in [-0.4, -0.2) is 10.4 Å². The van der Waals surface area contributed by atoms with Crippen molar-refractivity contribution in [1.29, 1.82) is 0 Å². The van der Waals surface area contributed by atoms with Crippen LogP contribution in [0.2, 0.25) is 0 Å². The molecule has 1 atom stereocenters. The van der Waals surface area contributed by atoms with Crippen LogP contribution in [0.5, 0.6) is 0 Å². The number of hydrogen-bond donors (Lipinski definition) is 0. The lowest BCUT2D eigenvalue weighted by molar-refractivity contribution is -0.115. The van der Waals surface area contributed by atoms with Crippen LogP contribution in [-0.2, 0) is 11.8 Å². The molecule has 74 valence electrons. The first-order valence-electron chi connectivity index (χ1n) is 4.98. The molecule has 0 saturated carbocycles. The van der Waals surface area contributed by atoms with Gasteiger partial charge in [-0.2, -0.15) is 0 Å². The summed E-state index contributed by atoms with van der Waals surface area (Å²) in [5.74, 6) is 0.646. The van der Waals surface area contributed by atoms with E-state index < -0.39 is 0 Å². The summed E-state index contributed by atoms with van der Waals surface area (Å²) in [7, 11) is 2.04. The van der Waals surface area contributed by atoms with Gasteiger partial charge in [-0.3, -0.25) is 4.79 Å². The van der Waals surface area contributed by atoms with Crippen LogP contribution in [0.15, 0.2) is 30.0 Å². The van der Waals surface area contributed by atoms with Crippen LogP contribution in [0.4, 0.5) is 0 Å². The minimum absolute atomic E-state index is 0.264. The van der Waals surface area contributed by atoms with E-state index in [1.165, 1.54) is 11.3 Å². The molecule has 1 aromatic rings. The molecule has 0 aromatic carbocycles. The molecule has 0 aliphatic heterocycles. The Bertz CT molecular complexity index is 387. The first-order valence-corrected chi connectivity index (χ1v) is 4.98. The number of aromatic nitrogens is 1. The molecule has 1 aliphatic carbocycles. The number of allylic oxidation sites excluding steroid dienone is 2. The molecule has 0 saturated heterocycles. The molecule has 14 heavy (non-hydrogen) atoms. The fraction of sp³-hybridized carbons (Fsp3) is 0.417. The molecule has 1 aromatic heterocycles. The van der Waals surface area contributed by atoms with Gasteiger partial charge < -0.3 is 4.57 Å². The molecule has 2 nitrogen and oxygen atoms in total. The van der Waals surface area contributed by atoms with Crippen LogP contribution < -0.4 is 0 Å². The van der Waals surface area contributed by atoms with Crippen LogP contribution >= 0.6 is 0 Å². The van der Waals surface area contributed by atoms with Crippen molar-refractivity contribution in [2.75, 3.05) is 0 Å². The summed E-state index contributed by atoms with van der Waals surface area (Å²) in [6, 6.07) is 4.14. The van der Waals surface area contributed by atoms with Gasteiger partial charge in [0.1, 0.15) is 0 Å². The first-order chi connectivity index (χ1) is 6.66. The maximum Gasteiger partial charge on any atom is 0.156 e. The Balaban J connectivity index is 2.26. The van der Waals surface area contributed by atoms with Crippen molar-refractivity contribution in [3.05, 3.63) is 35.7 Å². The molecule has 0 spiro atoms. The second kappa shape index (κ2) is 3.45. The van der Waals surface area contributed by atoms with Gasteiger partial charge in [0.2, 0.25) is 0 Å². The number of aryl methyl sites for hydroxylation is 1. The third-order valence-electron chi connectivity index (χ3n) is 2.83. The lowest BCUT2D eigenvalue weighted by Crippen LogP contribution is -2.14. The van der Waals surface area contributed by atoms with Gasteiger partial charge in [0.05, 0.1) is 0 Å². The lowest BCUT2D eigenvalue weighted by Gasteiger charge is -2.20. The molecule has 2 heteroatoms. The molecule has 1 heterocycles. The van der Waals surface area contributed by atoms with Crippen LogP contribution in [0.3, 0.4) is 0 Å². The lowest BCUT2D eigenvalue weighted by atomic mass is 9.86. The van der Waals surface area contributed by atoms with E-state index in [0.29, 0.717) is 12.3 Å². The highest BCUT2D eigenvalue weighted by molar-refractivity contribution is 5.91. The highest BCUT2D eigenvalue weighted by atomic mass is 16.1. The number of nitrogens with zero attached hydrogens (tertiary/aromatic N) is 1. The molecule has 0 bridgehead atoms. The van der Waals surface area contributed by atoms with Crippen LogP contribution in [0.25, 0.3) is 0 Å². The number of rotatable bonds is 1. The van der Waals surface area contributed by atoms with Gasteiger partial charge in [-0.15, -0.1) is 0 Å². The van der Waals surface area contributed by atoms with Gasteiger partial charge >= 0.3 is 0 Å². The summed E-state index contributed by atoms with van der Waals surface area (Å²) < 4.78 is 2.11. The quantitative estimate of drug-likeness (QED) is 0.665. The summed E-state index contributed by atoms with van der Waals surface area (Å²) in [4.78, 5) is 11.4. The summed E-state index contributed by atoms with van der Waals surface area (Å²) in [5, 5.41) is 0. The van der Waals surface area contributed by atoms with Gasteiger partial charge in [0.25, 0.3) is 0 Å². The monoisotopic (exact) mass is 189 g/mol. The third-order valence-corrected chi connectivity index (χ3v) is 2.83. The second-order valence-corrected chi connectivity index (χ2v) is 4.11. The first kappa shape index (κ1) is 9.25. The topological polar surface area (TPSA) is 22.0 Å². The molecule has 0 amide bonds. The number of ketones is 1. The van der Waals surface area contributed by atoms with E-state index in [9.17, 15) is 4.79 Å². The molecule has 2 rings (SSSR count). The highest BCUT2D eigenvalue weighted by Crippen LogP contribution is 2.30. The maximum absolute atomic E-state index is 11.4. The van der Waals surface area contributed by atoms with Gasteiger partial charge in [0.15, 0.2) is 5.78 Å². The Kier molecular flexibility index (Phi) is 2.28. The van der Waals surface area contributed by atoms with Crippen LogP contribution in [0.1, 0.15) is 31.4 Å². The number of hydrogen-bond acceptors (Lipinski definition) is 1. The Hall–Kier alpha value is -1.31. The predicted molar refractivity (Wildman–Crippen MR) is 56.2 cm³/mol. The second-order valence-electron chi connectivity index (χ2n) is 4.11. The number of carbonyl (C=O) groups excluding carboxylic acids is 1. The molecule has 0 fully saturated rings. The largest absolute Gasteiger partial charge is 0.354 e. The smallest absolute Gasteiger partial charge is 0.156 e. The summed E-state index contributed by atoms with van der Waals surface area (Å²) in [6.07, 6.45) is 5.49. The maximum atomic E-state index is 11.4. The Morgan fingerprint density at radius 2 is 2.21 bits per heavy atom. The zero-order valence-corrected chi connectivity index (χ0v) is 8.66. The Morgan fingerprint density at radius 3 is 2.79 bits per heavy atom. The van der Waals surface area contributed by atoms with Crippen molar-refractivity contribution >= 4 is 5.78 Å². The number of carbonyl (C=O) groups is 1. The normalized spacial score (nSPS) is 22.3. The average Bonchev–Trinajstić information content (AvgIpc) is 2.49. The van der Waals surface area contributed by atoms with Crippen molar-refractivity contribution in [1.82, 2.24) is 4.57 Å². The molecular formula is C12H15NO. The van der Waals surface area contributed by atoms with E-state index in [-0.39, 0.29) is 5.78 Å². The predicted octanol–water partition coefficient (Wildman–Crippen LogP) is 2.42. The minimum Gasteiger partial charge on any atom is -0.354 e. The third kappa shape index (κ3) is 1.65. The van der Waals surface area contributed by atoms with E-state index in [2.05, 4.69) is 10.6 Å². The zero-order chi connectivity index (χ0) is 10.1.